The number of hydrogen-bond acceptors (Lipinski definition) is 4. The molecule has 0 saturated carbocycles. The van der Waals surface area contributed by atoms with Crippen molar-refractivity contribution in [1.29, 1.82) is 0 Å². The average molecular weight is 367 g/mol. The van der Waals surface area contributed by atoms with Crippen molar-refractivity contribution in [3.8, 4) is 11.6 Å². The van der Waals surface area contributed by atoms with Gasteiger partial charge in [-0.05, 0) is 49.1 Å². The molecule has 2 N–H and O–H groups in total. The molecule has 6 heteroatoms. The van der Waals surface area contributed by atoms with E-state index in [1.165, 1.54) is 5.56 Å². The Morgan fingerprint density at radius 1 is 1.12 bits per heavy atom. The average Bonchev–Trinajstić information content (AvgIpc) is 3.25. The molecule has 4 aromatic rings. The van der Waals surface area contributed by atoms with Gasteiger partial charge in [0.2, 0.25) is 0 Å². The molecule has 132 valence electrons. The molecule has 0 radical (unpaired) electrons. The molecule has 5 nitrogen and oxygen atoms in total. The van der Waals surface area contributed by atoms with Crippen LogP contribution in [-0.2, 0) is 6.42 Å². The predicted octanol–water partition coefficient (Wildman–Crippen LogP) is 5.22. The van der Waals surface area contributed by atoms with Gasteiger partial charge < -0.3 is 14.7 Å². The Labute approximate surface area is 156 Å². The van der Waals surface area contributed by atoms with Gasteiger partial charge in [0.1, 0.15) is 5.69 Å². The molecule has 0 aliphatic rings. The summed E-state index contributed by atoms with van der Waals surface area (Å²) in [6.07, 6.45) is 2.00. The van der Waals surface area contributed by atoms with Crippen molar-refractivity contribution in [3.05, 3.63) is 64.7 Å². The molecule has 2 aromatic carbocycles. The van der Waals surface area contributed by atoms with E-state index in [9.17, 15) is 0 Å². The molecule has 2 aromatic heterocycles. The van der Waals surface area contributed by atoms with E-state index < -0.39 is 0 Å². The van der Waals surface area contributed by atoms with E-state index in [1.807, 2.05) is 31.2 Å². The number of aromatic nitrogens is 3. The number of rotatable bonds is 6. The summed E-state index contributed by atoms with van der Waals surface area (Å²) in [7, 11) is 0. The number of fused-ring (bicyclic) bond motifs is 1. The Bertz CT molecular complexity index is 1020. The fourth-order valence-corrected chi connectivity index (χ4v) is 3.21. The van der Waals surface area contributed by atoms with Gasteiger partial charge in [0.15, 0.2) is 0 Å². The van der Waals surface area contributed by atoms with Crippen molar-refractivity contribution in [2.24, 2.45) is 0 Å². The van der Waals surface area contributed by atoms with Crippen LogP contribution in [0.4, 0.5) is 6.01 Å². The van der Waals surface area contributed by atoms with Gasteiger partial charge in [-0.25, -0.2) is 0 Å². The van der Waals surface area contributed by atoms with Crippen LogP contribution in [0.15, 0.2) is 52.9 Å². The number of halogens is 1. The summed E-state index contributed by atoms with van der Waals surface area (Å²) >= 11 is 6.09. The predicted molar refractivity (Wildman–Crippen MR) is 105 cm³/mol. The second kappa shape index (κ2) is 7.22. The molecule has 0 unspecified atom stereocenters. The van der Waals surface area contributed by atoms with Crippen LogP contribution in [0, 0.1) is 6.92 Å². The van der Waals surface area contributed by atoms with E-state index in [0.717, 1.165) is 41.5 Å². The lowest BCUT2D eigenvalue weighted by Gasteiger charge is -2.01. The molecule has 0 aliphatic carbocycles. The Balaban J connectivity index is 1.42. The first-order chi connectivity index (χ1) is 12.7. The quantitative estimate of drug-likeness (QED) is 0.459. The number of benzene rings is 2. The minimum atomic E-state index is 0.434. The number of aryl methyl sites for hydroxylation is 2. The highest BCUT2D eigenvalue weighted by molar-refractivity contribution is 6.31. The van der Waals surface area contributed by atoms with Crippen LogP contribution in [0.1, 0.15) is 17.5 Å². The molecule has 0 fully saturated rings. The second-order valence-corrected chi connectivity index (χ2v) is 6.68. The van der Waals surface area contributed by atoms with Gasteiger partial charge in [-0.3, -0.25) is 0 Å². The van der Waals surface area contributed by atoms with Gasteiger partial charge in [-0.2, -0.15) is 0 Å². The van der Waals surface area contributed by atoms with Gasteiger partial charge in [-0.15, -0.1) is 5.10 Å². The van der Waals surface area contributed by atoms with Crippen LogP contribution < -0.4 is 5.32 Å². The zero-order chi connectivity index (χ0) is 17.9. The van der Waals surface area contributed by atoms with Crippen molar-refractivity contribution < 1.29 is 4.42 Å². The molecular formula is C20H19ClN4O. The van der Waals surface area contributed by atoms with Gasteiger partial charge >= 0.3 is 6.01 Å². The molecule has 0 saturated heterocycles. The van der Waals surface area contributed by atoms with E-state index >= 15 is 0 Å². The molecule has 0 spiro atoms. The summed E-state index contributed by atoms with van der Waals surface area (Å²) in [4.78, 5) is 3.33. The molecule has 2 heterocycles. The summed E-state index contributed by atoms with van der Waals surface area (Å²) in [6, 6.07) is 16.6. The summed E-state index contributed by atoms with van der Waals surface area (Å²) < 4.78 is 5.77. The number of anilines is 1. The van der Waals surface area contributed by atoms with Crippen LogP contribution in [0.5, 0.6) is 0 Å². The fourth-order valence-electron chi connectivity index (χ4n) is 3.04. The number of hydrogen-bond donors (Lipinski definition) is 2. The highest BCUT2D eigenvalue weighted by Crippen LogP contribution is 2.31. The highest BCUT2D eigenvalue weighted by atomic mass is 35.5. The lowest BCUT2D eigenvalue weighted by atomic mass is 10.1. The molecular weight excluding hydrogens is 348 g/mol. The zero-order valence-electron chi connectivity index (χ0n) is 14.4. The second-order valence-electron chi connectivity index (χ2n) is 6.24. The monoisotopic (exact) mass is 366 g/mol. The molecule has 0 aliphatic heterocycles. The van der Waals surface area contributed by atoms with Gasteiger partial charge in [0, 0.05) is 22.5 Å². The van der Waals surface area contributed by atoms with Crippen molar-refractivity contribution >= 4 is 28.5 Å². The Morgan fingerprint density at radius 2 is 1.96 bits per heavy atom. The van der Waals surface area contributed by atoms with Gasteiger partial charge in [0.25, 0.3) is 5.89 Å². The Kier molecular flexibility index (Phi) is 4.63. The lowest BCUT2D eigenvalue weighted by Crippen LogP contribution is -2.03. The first-order valence-electron chi connectivity index (χ1n) is 8.60. The van der Waals surface area contributed by atoms with E-state index in [2.05, 4.69) is 44.8 Å². The summed E-state index contributed by atoms with van der Waals surface area (Å²) in [5, 5.41) is 13.2. The molecule has 26 heavy (non-hydrogen) atoms. The number of nitrogens with zero attached hydrogens (tertiary/aromatic N) is 2. The van der Waals surface area contributed by atoms with E-state index in [0.29, 0.717) is 16.9 Å². The number of nitrogens with one attached hydrogen (secondary N) is 2. The van der Waals surface area contributed by atoms with E-state index in [4.69, 9.17) is 16.0 Å². The largest absolute Gasteiger partial charge is 0.402 e. The lowest BCUT2D eigenvalue weighted by molar-refractivity contribution is 0.577. The third-order valence-electron chi connectivity index (χ3n) is 4.42. The number of H-pyrrole nitrogens is 1. The Morgan fingerprint density at radius 3 is 2.81 bits per heavy atom. The molecule has 0 amide bonds. The summed E-state index contributed by atoms with van der Waals surface area (Å²) in [6.45, 7) is 2.79. The normalized spacial score (nSPS) is 11.2. The summed E-state index contributed by atoms with van der Waals surface area (Å²) in [5.74, 6) is 0.473. The van der Waals surface area contributed by atoms with Crippen molar-refractivity contribution in [1.82, 2.24) is 15.2 Å². The maximum atomic E-state index is 6.09. The smallest absolute Gasteiger partial charge is 0.315 e. The minimum absolute atomic E-state index is 0.434. The van der Waals surface area contributed by atoms with Crippen molar-refractivity contribution in [2.45, 2.75) is 19.8 Å². The highest BCUT2D eigenvalue weighted by Gasteiger charge is 2.15. The van der Waals surface area contributed by atoms with Crippen LogP contribution in [0.3, 0.4) is 0 Å². The van der Waals surface area contributed by atoms with Crippen LogP contribution >= 0.6 is 11.6 Å². The SMILES string of the molecule is Cc1c(-c2nnc(NCCCc3ccccc3)o2)[nH]c2ccc(Cl)cc12. The Hall–Kier alpha value is -2.79. The summed E-state index contributed by atoms with van der Waals surface area (Å²) in [5.41, 5.74) is 4.19. The topological polar surface area (TPSA) is 66.7 Å². The third-order valence-corrected chi connectivity index (χ3v) is 4.66. The van der Waals surface area contributed by atoms with Crippen molar-refractivity contribution in [2.75, 3.05) is 11.9 Å². The first kappa shape index (κ1) is 16.7. The van der Waals surface area contributed by atoms with Gasteiger partial charge in [0.05, 0.1) is 0 Å². The fraction of sp³-hybridized carbons (Fsp3) is 0.200. The van der Waals surface area contributed by atoms with Crippen LogP contribution in [0.2, 0.25) is 5.02 Å². The molecule has 4 rings (SSSR count). The van der Waals surface area contributed by atoms with Crippen LogP contribution in [-0.4, -0.2) is 21.7 Å². The number of aromatic amines is 1. The first-order valence-corrected chi connectivity index (χ1v) is 8.98. The van der Waals surface area contributed by atoms with Crippen molar-refractivity contribution in [3.63, 3.8) is 0 Å². The molecule has 0 atom stereocenters. The zero-order valence-corrected chi connectivity index (χ0v) is 15.2. The van der Waals surface area contributed by atoms with E-state index in [-0.39, 0.29) is 0 Å². The third kappa shape index (κ3) is 3.44. The standard InChI is InChI=1S/C20H19ClN4O/c1-13-16-12-15(21)9-10-17(16)23-18(13)19-24-25-20(26-19)22-11-5-8-14-6-3-2-4-7-14/h2-4,6-7,9-10,12,23H,5,8,11H2,1H3,(H,22,25). The maximum absolute atomic E-state index is 6.09. The van der Waals surface area contributed by atoms with Crippen LogP contribution in [0.25, 0.3) is 22.5 Å². The molecule has 0 bridgehead atoms. The maximum Gasteiger partial charge on any atom is 0.315 e. The van der Waals surface area contributed by atoms with E-state index in [1.54, 1.807) is 0 Å². The minimum Gasteiger partial charge on any atom is -0.402 e. The van der Waals surface area contributed by atoms with Gasteiger partial charge in [-0.1, -0.05) is 47.0 Å².